The summed E-state index contributed by atoms with van der Waals surface area (Å²) in [5, 5.41) is 98.7. The van der Waals surface area contributed by atoms with Gasteiger partial charge < -0.3 is 64.9 Å². The van der Waals surface area contributed by atoms with Crippen molar-refractivity contribution in [3.8, 4) is 0 Å². The minimum Gasteiger partial charge on any atom is -0.460 e. The molecule has 3 aliphatic heterocycles. The van der Waals surface area contributed by atoms with E-state index in [4.69, 9.17) is 18.9 Å². The van der Waals surface area contributed by atoms with E-state index in [2.05, 4.69) is 0 Å². The largest absolute Gasteiger partial charge is 0.460 e. The molecule has 14 heteroatoms. The summed E-state index contributed by atoms with van der Waals surface area (Å²) in [6.45, 7) is 3.97. The molecule has 0 unspecified atom stereocenters. The predicted molar refractivity (Wildman–Crippen MR) is 128 cm³/mol. The molecule has 3 saturated heterocycles. The SMILES string of the molecule is C[C@H]1C[C@H](O[C@@H]2O[C@H](CO)[C@@H](O)[C@H](O)[C@H]2O)[C@@H](O)[C@]2(C)[C@H]3[C@@H](O)[C@H](O)[C@@]4(C)OC[C@@]35[C@@H](C[C@@H]12)OC(=O)[C@H](O)[C@]54O. The van der Waals surface area contributed by atoms with Crippen molar-refractivity contribution in [2.24, 2.45) is 28.6 Å². The summed E-state index contributed by atoms with van der Waals surface area (Å²) in [6, 6.07) is 0. The first kappa shape index (κ1) is 29.1. The lowest BCUT2D eigenvalue weighted by Crippen LogP contribution is -2.86. The number of rotatable bonds is 3. The van der Waals surface area contributed by atoms with E-state index in [-0.39, 0.29) is 25.4 Å². The first-order chi connectivity index (χ1) is 18.6. The van der Waals surface area contributed by atoms with Crippen LogP contribution in [0.25, 0.3) is 0 Å². The fourth-order valence-corrected chi connectivity index (χ4v) is 9.63. The lowest BCUT2D eigenvalue weighted by Gasteiger charge is -2.71. The van der Waals surface area contributed by atoms with Gasteiger partial charge in [-0.05, 0) is 31.6 Å². The summed E-state index contributed by atoms with van der Waals surface area (Å²) in [6.07, 6.45) is -16.2. The Hall–Kier alpha value is -1.01. The molecule has 228 valence electrons. The number of aliphatic hydroxyl groups is 9. The molecule has 0 amide bonds. The number of hydrogen-bond donors (Lipinski definition) is 9. The lowest BCUT2D eigenvalue weighted by molar-refractivity contribution is -0.373. The molecule has 2 bridgehead atoms. The van der Waals surface area contributed by atoms with Crippen molar-refractivity contribution in [2.45, 2.75) is 112 Å². The number of fused-ring (bicyclic) bond motifs is 2. The van der Waals surface area contributed by atoms with Crippen molar-refractivity contribution in [1.82, 2.24) is 0 Å². The topological polar surface area (TPSA) is 236 Å². The second kappa shape index (κ2) is 9.00. The van der Waals surface area contributed by atoms with Crippen molar-refractivity contribution >= 4 is 5.97 Å². The normalized spacial score (nSPS) is 62.9. The number of aliphatic hydroxyl groups excluding tert-OH is 8. The fourth-order valence-electron chi connectivity index (χ4n) is 9.63. The summed E-state index contributed by atoms with van der Waals surface area (Å²) < 4.78 is 23.1. The zero-order valence-corrected chi connectivity index (χ0v) is 22.5. The van der Waals surface area contributed by atoms with Crippen LogP contribution < -0.4 is 0 Å². The van der Waals surface area contributed by atoms with E-state index >= 15 is 0 Å². The highest BCUT2D eigenvalue weighted by Crippen LogP contribution is 2.74. The molecule has 6 fully saturated rings. The molecule has 3 saturated carbocycles. The van der Waals surface area contributed by atoms with Gasteiger partial charge in [0, 0.05) is 11.3 Å². The van der Waals surface area contributed by atoms with Crippen LogP contribution in [-0.2, 0) is 23.7 Å². The molecular weight excluding hydrogens is 536 g/mol. The molecule has 3 aliphatic carbocycles. The molecule has 6 rings (SSSR count). The van der Waals surface area contributed by atoms with Gasteiger partial charge in [-0.2, -0.15) is 0 Å². The maximum Gasteiger partial charge on any atom is 0.338 e. The van der Waals surface area contributed by atoms with Crippen molar-refractivity contribution in [3.63, 3.8) is 0 Å². The highest BCUT2D eigenvalue weighted by Gasteiger charge is 2.88. The smallest absolute Gasteiger partial charge is 0.338 e. The Bertz CT molecular complexity index is 1040. The van der Waals surface area contributed by atoms with Crippen LogP contribution in [0.2, 0.25) is 0 Å². The minimum absolute atomic E-state index is 0.168. The molecule has 1 spiro atoms. The van der Waals surface area contributed by atoms with E-state index in [1.807, 2.05) is 6.92 Å². The fraction of sp³-hybridized carbons (Fsp3) is 0.962. The molecule has 0 aromatic carbocycles. The summed E-state index contributed by atoms with van der Waals surface area (Å²) in [5.41, 5.74) is -7.18. The Kier molecular flexibility index (Phi) is 6.54. The highest BCUT2D eigenvalue weighted by molar-refractivity contribution is 5.79. The van der Waals surface area contributed by atoms with Gasteiger partial charge in [-0.3, -0.25) is 0 Å². The van der Waals surface area contributed by atoms with Crippen molar-refractivity contribution < 1.29 is 69.7 Å². The first-order valence-electron chi connectivity index (χ1n) is 13.9. The van der Waals surface area contributed by atoms with Gasteiger partial charge in [-0.1, -0.05) is 13.8 Å². The van der Waals surface area contributed by atoms with E-state index in [1.165, 1.54) is 6.92 Å². The second-order valence-corrected chi connectivity index (χ2v) is 13.2. The van der Waals surface area contributed by atoms with E-state index in [0.717, 1.165) is 0 Å². The van der Waals surface area contributed by atoms with E-state index in [9.17, 15) is 50.8 Å². The predicted octanol–water partition coefficient (Wildman–Crippen LogP) is -4.26. The average molecular weight is 577 g/mol. The minimum atomic E-state index is -2.36. The molecular formula is C26H40O14. The lowest BCUT2D eigenvalue weighted by atomic mass is 9.35. The van der Waals surface area contributed by atoms with E-state index < -0.39 is 114 Å². The molecule has 14 nitrogen and oxygen atoms in total. The maximum atomic E-state index is 12.8. The van der Waals surface area contributed by atoms with Gasteiger partial charge in [-0.15, -0.1) is 0 Å². The Morgan fingerprint density at radius 1 is 0.950 bits per heavy atom. The first-order valence-corrected chi connectivity index (χ1v) is 13.9. The molecule has 18 atom stereocenters. The Morgan fingerprint density at radius 2 is 1.62 bits per heavy atom. The third kappa shape index (κ3) is 3.12. The molecule has 0 radical (unpaired) electrons. The highest BCUT2D eigenvalue weighted by atomic mass is 16.7. The van der Waals surface area contributed by atoms with Crippen LogP contribution >= 0.6 is 0 Å². The molecule has 9 N–H and O–H groups in total. The zero-order valence-electron chi connectivity index (χ0n) is 22.5. The third-order valence-corrected chi connectivity index (χ3v) is 11.7. The molecule has 6 aliphatic rings. The zero-order chi connectivity index (χ0) is 29.3. The van der Waals surface area contributed by atoms with Gasteiger partial charge in [0.15, 0.2) is 12.4 Å². The van der Waals surface area contributed by atoms with Crippen LogP contribution in [0.5, 0.6) is 0 Å². The summed E-state index contributed by atoms with van der Waals surface area (Å²) in [4.78, 5) is 12.8. The number of esters is 1. The van der Waals surface area contributed by atoms with Gasteiger partial charge in [0.2, 0.25) is 0 Å². The van der Waals surface area contributed by atoms with Gasteiger partial charge in [0.05, 0.1) is 36.9 Å². The molecule has 0 aromatic heterocycles. The van der Waals surface area contributed by atoms with Gasteiger partial charge in [0.1, 0.15) is 47.8 Å². The van der Waals surface area contributed by atoms with Crippen LogP contribution in [-0.4, -0.2) is 144 Å². The summed E-state index contributed by atoms with van der Waals surface area (Å²) in [7, 11) is 0. The van der Waals surface area contributed by atoms with Gasteiger partial charge in [-0.25, -0.2) is 4.79 Å². The number of carbonyl (C=O) groups is 1. The van der Waals surface area contributed by atoms with Crippen LogP contribution in [0.3, 0.4) is 0 Å². The van der Waals surface area contributed by atoms with Crippen molar-refractivity contribution in [1.29, 1.82) is 0 Å². The summed E-state index contributed by atoms with van der Waals surface area (Å²) in [5.74, 6) is -2.88. The second-order valence-electron chi connectivity index (χ2n) is 13.2. The van der Waals surface area contributed by atoms with Crippen LogP contribution in [0, 0.1) is 28.6 Å². The Labute approximate surface area is 230 Å². The average Bonchev–Trinajstić information content (AvgIpc) is 3.10. The monoisotopic (exact) mass is 576 g/mol. The van der Waals surface area contributed by atoms with E-state index in [0.29, 0.717) is 0 Å². The number of ether oxygens (including phenoxy) is 4. The number of hydrogen-bond acceptors (Lipinski definition) is 14. The Morgan fingerprint density at radius 3 is 2.27 bits per heavy atom. The third-order valence-electron chi connectivity index (χ3n) is 11.7. The van der Waals surface area contributed by atoms with Crippen LogP contribution in [0.4, 0.5) is 0 Å². The molecule has 0 aromatic rings. The van der Waals surface area contributed by atoms with Gasteiger partial charge in [0.25, 0.3) is 0 Å². The van der Waals surface area contributed by atoms with Crippen LogP contribution in [0.15, 0.2) is 0 Å². The standard InChI is InChI=1S/C26H40O14/c1-8-4-10(38-22-15(30)14(29)13(28)11(6-27)39-22)18(32)23(2)9(8)5-12-25-7-37-24(3,19(33)16(31)17(23)25)26(25,36)20(34)21(35)40-12/h8-20,22,27-34,36H,4-7H2,1-3H3/t8-,9-,10-,11+,12+,13+,14-,15+,16+,17+,18+,19-,20-,22+,23-,24+,25+,26+/m0/s1. The van der Waals surface area contributed by atoms with E-state index in [1.54, 1.807) is 6.92 Å². The van der Waals surface area contributed by atoms with Crippen molar-refractivity contribution in [3.05, 3.63) is 0 Å². The van der Waals surface area contributed by atoms with Crippen LogP contribution in [0.1, 0.15) is 33.6 Å². The summed E-state index contributed by atoms with van der Waals surface area (Å²) >= 11 is 0. The Balaban J connectivity index is 1.41. The maximum absolute atomic E-state index is 12.8. The molecule has 40 heavy (non-hydrogen) atoms. The quantitative estimate of drug-likeness (QED) is 0.114. The molecule has 3 heterocycles. The van der Waals surface area contributed by atoms with Gasteiger partial charge >= 0.3 is 5.97 Å². The number of carbonyl (C=O) groups excluding carboxylic acids is 1. The van der Waals surface area contributed by atoms with Crippen molar-refractivity contribution in [2.75, 3.05) is 13.2 Å².